The van der Waals surface area contributed by atoms with Crippen molar-refractivity contribution in [3.05, 3.63) is 45.1 Å². The average Bonchev–Trinajstić information content (AvgIpc) is 2.76. The van der Waals surface area contributed by atoms with Gasteiger partial charge in [0.25, 0.3) is 0 Å². The highest BCUT2D eigenvalue weighted by atomic mass is 79.9. The third-order valence-corrected chi connectivity index (χ3v) is 3.65. The Balaban J connectivity index is 1.91. The van der Waals surface area contributed by atoms with Crippen molar-refractivity contribution in [1.82, 2.24) is 4.98 Å². The van der Waals surface area contributed by atoms with Crippen LogP contribution in [0.3, 0.4) is 0 Å². The van der Waals surface area contributed by atoms with E-state index in [1.54, 1.807) is 23.6 Å². The number of aromatic nitrogens is 1. The zero-order valence-electron chi connectivity index (χ0n) is 9.73. The summed E-state index contributed by atoms with van der Waals surface area (Å²) in [6.45, 7) is -0.107. The molecule has 1 heterocycles. The van der Waals surface area contributed by atoms with E-state index in [1.807, 2.05) is 0 Å². The van der Waals surface area contributed by atoms with Crippen LogP contribution in [0.25, 0.3) is 0 Å². The van der Waals surface area contributed by atoms with Crippen LogP contribution in [0.2, 0.25) is 0 Å². The molecular weight excluding hydrogens is 335 g/mol. The smallest absolute Gasteiger partial charge is 0.312 e. The maximum atomic E-state index is 13.6. The molecule has 0 unspecified atom stereocenters. The summed E-state index contributed by atoms with van der Waals surface area (Å²) in [7, 11) is 0. The number of nitrogen functional groups attached to an aromatic ring is 1. The lowest BCUT2D eigenvalue weighted by Crippen LogP contribution is -2.09. The van der Waals surface area contributed by atoms with E-state index in [0.717, 1.165) is 0 Å². The largest absolute Gasteiger partial charge is 0.460 e. The van der Waals surface area contributed by atoms with Crippen LogP contribution < -0.4 is 5.73 Å². The number of carbonyl (C=O) groups is 1. The van der Waals surface area contributed by atoms with Crippen molar-refractivity contribution >= 4 is 38.4 Å². The Morgan fingerprint density at radius 1 is 1.53 bits per heavy atom. The Labute approximate surface area is 121 Å². The highest BCUT2D eigenvalue weighted by Gasteiger charge is 2.11. The van der Waals surface area contributed by atoms with Crippen molar-refractivity contribution in [2.45, 2.75) is 13.0 Å². The molecule has 0 aliphatic rings. The Morgan fingerprint density at radius 2 is 2.32 bits per heavy atom. The predicted molar refractivity (Wildman–Crippen MR) is 74.1 cm³/mol. The van der Waals surface area contributed by atoms with Crippen molar-refractivity contribution in [3.8, 4) is 0 Å². The molecule has 0 radical (unpaired) electrons. The van der Waals surface area contributed by atoms with Gasteiger partial charge in [-0.25, -0.2) is 9.37 Å². The van der Waals surface area contributed by atoms with E-state index in [1.165, 1.54) is 11.3 Å². The summed E-state index contributed by atoms with van der Waals surface area (Å²) in [5.41, 5.74) is 6.33. The molecule has 0 aliphatic heterocycles. The molecule has 0 aliphatic carbocycles. The second-order valence-electron chi connectivity index (χ2n) is 3.73. The maximum absolute atomic E-state index is 13.6. The van der Waals surface area contributed by atoms with Crippen LogP contribution in [0.4, 0.5) is 9.52 Å². The minimum atomic E-state index is -0.468. The van der Waals surface area contributed by atoms with Gasteiger partial charge in [-0.15, -0.1) is 11.3 Å². The molecular formula is C12H10BrFN2O2S. The van der Waals surface area contributed by atoms with Gasteiger partial charge in [-0.3, -0.25) is 4.79 Å². The molecule has 7 heteroatoms. The van der Waals surface area contributed by atoms with E-state index in [0.29, 0.717) is 20.9 Å². The molecule has 0 saturated carbocycles. The van der Waals surface area contributed by atoms with Crippen LogP contribution in [-0.2, 0) is 22.6 Å². The second kappa shape index (κ2) is 6.12. The first-order valence-electron chi connectivity index (χ1n) is 5.34. The average molecular weight is 345 g/mol. The lowest BCUT2D eigenvalue weighted by atomic mass is 10.2. The molecule has 0 atom stereocenters. The molecule has 0 spiro atoms. The molecule has 0 fully saturated rings. The van der Waals surface area contributed by atoms with Gasteiger partial charge < -0.3 is 10.5 Å². The molecule has 0 amide bonds. The van der Waals surface area contributed by atoms with Gasteiger partial charge in [-0.2, -0.15) is 0 Å². The summed E-state index contributed by atoms with van der Waals surface area (Å²) in [6, 6.07) is 4.82. The molecule has 2 rings (SSSR count). The highest BCUT2D eigenvalue weighted by molar-refractivity contribution is 9.10. The Kier molecular flexibility index (Phi) is 4.49. The third-order valence-electron chi connectivity index (χ3n) is 2.32. The number of thiazole rings is 1. The minimum Gasteiger partial charge on any atom is -0.460 e. The number of anilines is 1. The van der Waals surface area contributed by atoms with Crippen LogP contribution in [0.15, 0.2) is 28.1 Å². The maximum Gasteiger partial charge on any atom is 0.312 e. The van der Waals surface area contributed by atoms with Gasteiger partial charge in [0.05, 0.1) is 16.6 Å². The van der Waals surface area contributed by atoms with E-state index in [2.05, 4.69) is 20.9 Å². The fourth-order valence-corrected chi connectivity index (χ4v) is 2.39. The summed E-state index contributed by atoms with van der Waals surface area (Å²) in [5, 5.41) is 2.09. The van der Waals surface area contributed by atoms with Gasteiger partial charge in [0.2, 0.25) is 0 Å². The SMILES string of the molecule is Nc1nc(CC(=O)OCc2cccc(Br)c2F)cs1. The van der Waals surface area contributed by atoms with Crippen LogP contribution >= 0.6 is 27.3 Å². The van der Waals surface area contributed by atoms with Gasteiger partial charge in [0, 0.05) is 10.9 Å². The van der Waals surface area contributed by atoms with Crippen molar-refractivity contribution in [3.63, 3.8) is 0 Å². The molecule has 2 aromatic rings. The summed E-state index contributed by atoms with van der Waals surface area (Å²) >= 11 is 4.33. The van der Waals surface area contributed by atoms with Gasteiger partial charge in [-0.05, 0) is 22.0 Å². The Bertz CT molecular complexity index is 603. The molecule has 4 nitrogen and oxygen atoms in total. The van der Waals surface area contributed by atoms with Gasteiger partial charge in [-0.1, -0.05) is 12.1 Å². The quantitative estimate of drug-likeness (QED) is 0.866. The van der Waals surface area contributed by atoms with Crippen LogP contribution in [-0.4, -0.2) is 11.0 Å². The van der Waals surface area contributed by atoms with Gasteiger partial charge in [0.1, 0.15) is 12.4 Å². The number of esters is 1. The van der Waals surface area contributed by atoms with E-state index >= 15 is 0 Å². The molecule has 100 valence electrons. The number of ether oxygens (including phenoxy) is 1. The summed E-state index contributed by atoms with van der Waals surface area (Å²) < 4.78 is 19.0. The van der Waals surface area contributed by atoms with E-state index < -0.39 is 11.8 Å². The third kappa shape index (κ3) is 3.74. The first-order chi connectivity index (χ1) is 9.06. The van der Waals surface area contributed by atoms with Crippen molar-refractivity contribution in [1.29, 1.82) is 0 Å². The lowest BCUT2D eigenvalue weighted by molar-refractivity contribution is -0.144. The Morgan fingerprint density at radius 3 is 3.00 bits per heavy atom. The number of hydrogen-bond acceptors (Lipinski definition) is 5. The Hall–Kier alpha value is -1.47. The highest BCUT2D eigenvalue weighted by Crippen LogP contribution is 2.19. The van der Waals surface area contributed by atoms with Crippen molar-refractivity contribution < 1.29 is 13.9 Å². The number of halogens is 2. The zero-order valence-corrected chi connectivity index (χ0v) is 12.1. The summed E-state index contributed by atoms with van der Waals surface area (Å²) in [6.07, 6.45) is 0.0311. The predicted octanol–water partition coefficient (Wildman–Crippen LogP) is 2.91. The molecule has 0 bridgehead atoms. The lowest BCUT2D eigenvalue weighted by Gasteiger charge is -2.06. The number of benzene rings is 1. The normalized spacial score (nSPS) is 10.4. The van der Waals surface area contributed by atoms with Crippen molar-refractivity contribution in [2.24, 2.45) is 0 Å². The van der Waals surface area contributed by atoms with Crippen LogP contribution in [0.1, 0.15) is 11.3 Å². The number of carbonyl (C=O) groups excluding carboxylic acids is 1. The second-order valence-corrected chi connectivity index (χ2v) is 5.47. The standard InChI is InChI=1S/C12H10BrFN2O2S/c13-9-3-1-2-7(11(9)14)5-18-10(17)4-8-6-19-12(15)16-8/h1-3,6H,4-5H2,(H2,15,16). The first-order valence-corrected chi connectivity index (χ1v) is 7.02. The topological polar surface area (TPSA) is 65.2 Å². The number of hydrogen-bond donors (Lipinski definition) is 1. The molecule has 1 aromatic carbocycles. The van der Waals surface area contributed by atoms with Gasteiger partial charge in [0.15, 0.2) is 5.13 Å². The zero-order chi connectivity index (χ0) is 13.8. The number of rotatable bonds is 4. The summed E-state index contributed by atoms with van der Waals surface area (Å²) in [4.78, 5) is 15.5. The van der Waals surface area contributed by atoms with Gasteiger partial charge >= 0.3 is 5.97 Å². The molecule has 0 saturated heterocycles. The number of nitrogens with zero attached hydrogens (tertiary/aromatic N) is 1. The first kappa shape index (κ1) is 14.0. The molecule has 2 N–H and O–H groups in total. The summed E-state index contributed by atoms with van der Waals surface area (Å²) in [5.74, 6) is -0.891. The number of nitrogens with two attached hydrogens (primary N) is 1. The van der Waals surface area contributed by atoms with E-state index in [9.17, 15) is 9.18 Å². The fraction of sp³-hybridized carbons (Fsp3) is 0.167. The van der Waals surface area contributed by atoms with Crippen LogP contribution in [0, 0.1) is 5.82 Å². The minimum absolute atomic E-state index is 0.0311. The van der Waals surface area contributed by atoms with E-state index in [4.69, 9.17) is 10.5 Å². The monoisotopic (exact) mass is 344 g/mol. The van der Waals surface area contributed by atoms with E-state index in [-0.39, 0.29) is 13.0 Å². The fourth-order valence-electron chi connectivity index (χ4n) is 1.42. The van der Waals surface area contributed by atoms with Crippen LogP contribution in [0.5, 0.6) is 0 Å². The molecule has 19 heavy (non-hydrogen) atoms. The van der Waals surface area contributed by atoms with Crippen molar-refractivity contribution in [2.75, 3.05) is 5.73 Å². The molecule has 1 aromatic heterocycles.